The molecule has 0 fully saturated rings. The lowest BCUT2D eigenvalue weighted by Gasteiger charge is -2.10. The number of pyridine rings is 1. The molecule has 0 aliphatic rings. The normalized spacial score (nSPS) is 12.5. The van der Waals surface area contributed by atoms with Crippen LogP contribution in [0.25, 0.3) is 10.9 Å². The average molecular weight is 245 g/mol. The van der Waals surface area contributed by atoms with Gasteiger partial charge >= 0.3 is 0 Å². The summed E-state index contributed by atoms with van der Waals surface area (Å²) < 4.78 is 24.7. The van der Waals surface area contributed by atoms with E-state index in [1.54, 1.807) is 18.2 Å². The zero-order valence-corrected chi connectivity index (χ0v) is 9.12. The molecule has 1 aromatic carbocycles. The Bertz CT molecular complexity index is 476. The molecule has 5 heteroatoms. The van der Waals surface area contributed by atoms with Gasteiger partial charge in [-0.2, -0.15) is 0 Å². The predicted molar refractivity (Wildman–Crippen MR) is 61.9 cm³/mol. The molecule has 0 saturated carbocycles. The minimum atomic E-state index is -2.58. The van der Waals surface area contributed by atoms with Gasteiger partial charge in [0.2, 0.25) is 0 Å². The van der Waals surface area contributed by atoms with E-state index in [1.165, 1.54) is 0 Å². The van der Waals surface area contributed by atoms with Crippen LogP contribution in [0.15, 0.2) is 36.4 Å². The molecule has 2 aromatic rings. The minimum Gasteiger partial charge on any atom is -0.318 e. The van der Waals surface area contributed by atoms with E-state index in [1.807, 2.05) is 18.2 Å². The van der Waals surface area contributed by atoms with Crippen molar-refractivity contribution < 1.29 is 8.78 Å². The number of halogens is 3. The third-order valence-corrected chi connectivity index (χ3v) is 2.23. The molecule has 2 rings (SSSR count). The molecule has 0 saturated heterocycles. The van der Waals surface area contributed by atoms with E-state index in [4.69, 9.17) is 5.73 Å². The maximum Gasteiger partial charge on any atom is 0.259 e. The summed E-state index contributed by atoms with van der Waals surface area (Å²) in [5, 5.41) is 0.919. The number of hydrogen-bond acceptors (Lipinski definition) is 2. The van der Waals surface area contributed by atoms with Crippen molar-refractivity contribution in [2.24, 2.45) is 5.73 Å². The van der Waals surface area contributed by atoms with Gasteiger partial charge < -0.3 is 5.73 Å². The largest absolute Gasteiger partial charge is 0.318 e. The first-order chi connectivity index (χ1) is 7.18. The fraction of sp³-hybridized carbons (Fsp3) is 0.182. The topological polar surface area (TPSA) is 38.9 Å². The van der Waals surface area contributed by atoms with Gasteiger partial charge in [0.1, 0.15) is 6.04 Å². The molecule has 2 N–H and O–H groups in total. The summed E-state index contributed by atoms with van der Waals surface area (Å²) in [5.41, 5.74) is 6.23. The molecular weight excluding hydrogens is 234 g/mol. The van der Waals surface area contributed by atoms with Crippen molar-refractivity contribution in [3.63, 3.8) is 0 Å². The van der Waals surface area contributed by atoms with Crippen LogP contribution in [0, 0.1) is 0 Å². The minimum absolute atomic E-state index is 0. The first-order valence-electron chi connectivity index (χ1n) is 4.58. The Morgan fingerprint density at radius 1 is 1.06 bits per heavy atom. The van der Waals surface area contributed by atoms with Crippen LogP contribution in [0.4, 0.5) is 8.78 Å². The average Bonchev–Trinajstić information content (AvgIpc) is 2.27. The van der Waals surface area contributed by atoms with Crippen LogP contribution in [0.1, 0.15) is 11.7 Å². The highest BCUT2D eigenvalue weighted by Gasteiger charge is 2.18. The number of para-hydroxylation sites is 1. The van der Waals surface area contributed by atoms with E-state index in [9.17, 15) is 8.78 Å². The maximum absolute atomic E-state index is 12.3. The molecule has 0 radical (unpaired) electrons. The molecule has 16 heavy (non-hydrogen) atoms. The fourth-order valence-electron chi connectivity index (χ4n) is 1.40. The summed E-state index contributed by atoms with van der Waals surface area (Å²) >= 11 is 0. The van der Waals surface area contributed by atoms with Crippen molar-refractivity contribution in [3.05, 3.63) is 42.1 Å². The van der Waals surface area contributed by atoms with Gasteiger partial charge in [-0.05, 0) is 12.1 Å². The predicted octanol–water partition coefficient (Wildman–Crippen LogP) is 2.92. The van der Waals surface area contributed by atoms with E-state index in [2.05, 4.69) is 4.98 Å². The highest BCUT2D eigenvalue weighted by molar-refractivity contribution is 5.85. The molecule has 0 amide bonds. The van der Waals surface area contributed by atoms with Crippen molar-refractivity contribution in [3.8, 4) is 0 Å². The summed E-state index contributed by atoms with van der Waals surface area (Å²) in [7, 11) is 0. The van der Waals surface area contributed by atoms with Gasteiger partial charge in [0, 0.05) is 5.39 Å². The second-order valence-corrected chi connectivity index (χ2v) is 3.29. The Morgan fingerprint density at radius 3 is 2.44 bits per heavy atom. The summed E-state index contributed by atoms with van der Waals surface area (Å²) in [4.78, 5) is 4.09. The quantitative estimate of drug-likeness (QED) is 0.882. The van der Waals surface area contributed by atoms with E-state index in [0.29, 0.717) is 5.52 Å². The Kier molecular flexibility index (Phi) is 4.15. The van der Waals surface area contributed by atoms with E-state index in [0.717, 1.165) is 5.39 Å². The number of nitrogens with two attached hydrogens (primary N) is 1. The first-order valence-corrected chi connectivity index (χ1v) is 4.58. The van der Waals surface area contributed by atoms with Crippen LogP contribution < -0.4 is 5.73 Å². The van der Waals surface area contributed by atoms with Crippen LogP contribution >= 0.6 is 12.4 Å². The fourth-order valence-corrected chi connectivity index (χ4v) is 1.40. The standard InChI is InChI=1S/C11H10F2N2.ClH/c12-11(13)10(14)9-6-5-7-3-1-2-4-8(7)15-9;/h1-6,10-11H,14H2;1H/t10-;/m0./s1. The molecular formula is C11H11ClF2N2. The smallest absolute Gasteiger partial charge is 0.259 e. The SMILES string of the molecule is Cl.N[C@@H](c1ccc2ccccc2n1)C(F)F. The van der Waals surface area contributed by atoms with Gasteiger partial charge in [-0.15, -0.1) is 12.4 Å². The molecule has 0 aliphatic carbocycles. The number of fused-ring (bicyclic) bond motifs is 1. The number of nitrogens with zero attached hydrogens (tertiary/aromatic N) is 1. The molecule has 2 nitrogen and oxygen atoms in total. The molecule has 1 atom stereocenters. The zero-order chi connectivity index (χ0) is 10.8. The monoisotopic (exact) mass is 244 g/mol. The number of benzene rings is 1. The third kappa shape index (κ3) is 2.46. The Labute approximate surface area is 97.9 Å². The van der Waals surface area contributed by atoms with Gasteiger partial charge in [0.15, 0.2) is 0 Å². The summed E-state index contributed by atoms with van der Waals surface area (Å²) in [6.07, 6.45) is -2.58. The van der Waals surface area contributed by atoms with Gasteiger partial charge in [-0.25, -0.2) is 8.78 Å². The van der Waals surface area contributed by atoms with E-state index >= 15 is 0 Å². The van der Waals surface area contributed by atoms with Crippen LogP contribution in [0.5, 0.6) is 0 Å². The van der Waals surface area contributed by atoms with Crippen molar-refractivity contribution in [1.29, 1.82) is 0 Å². The first kappa shape index (κ1) is 12.8. The van der Waals surface area contributed by atoms with Crippen LogP contribution in [0.3, 0.4) is 0 Å². The summed E-state index contributed by atoms with van der Waals surface area (Å²) in [6, 6.07) is 9.31. The van der Waals surface area contributed by atoms with Crippen molar-refractivity contribution in [1.82, 2.24) is 4.98 Å². The Balaban J connectivity index is 0.00000128. The lowest BCUT2D eigenvalue weighted by Crippen LogP contribution is -2.20. The van der Waals surface area contributed by atoms with Crippen LogP contribution in [0.2, 0.25) is 0 Å². The second-order valence-electron chi connectivity index (χ2n) is 3.29. The molecule has 1 heterocycles. The highest BCUT2D eigenvalue weighted by Crippen LogP contribution is 2.19. The van der Waals surface area contributed by atoms with Crippen LogP contribution in [-0.4, -0.2) is 11.4 Å². The summed E-state index contributed by atoms with van der Waals surface area (Å²) in [5.74, 6) is 0. The second kappa shape index (κ2) is 5.18. The van der Waals surface area contributed by atoms with Gasteiger partial charge in [0.25, 0.3) is 6.43 Å². The number of hydrogen-bond donors (Lipinski definition) is 1. The van der Waals surface area contributed by atoms with Crippen molar-refractivity contribution in [2.45, 2.75) is 12.5 Å². The van der Waals surface area contributed by atoms with Crippen molar-refractivity contribution in [2.75, 3.05) is 0 Å². The summed E-state index contributed by atoms with van der Waals surface area (Å²) in [6.45, 7) is 0. The number of rotatable bonds is 2. The molecule has 0 aliphatic heterocycles. The lowest BCUT2D eigenvalue weighted by molar-refractivity contribution is 0.115. The molecule has 1 aromatic heterocycles. The van der Waals surface area contributed by atoms with Crippen LogP contribution in [-0.2, 0) is 0 Å². The van der Waals surface area contributed by atoms with Gasteiger partial charge in [0.05, 0.1) is 11.2 Å². The third-order valence-electron chi connectivity index (χ3n) is 2.23. The van der Waals surface area contributed by atoms with Gasteiger partial charge in [-0.1, -0.05) is 24.3 Å². The number of aromatic nitrogens is 1. The molecule has 86 valence electrons. The zero-order valence-electron chi connectivity index (χ0n) is 8.31. The van der Waals surface area contributed by atoms with E-state index < -0.39 is 12.5 Å². The highest BCUT2D eigenvalue weighted by atomic mass is 35.5. The molecule has 0 unspecified atom stereocenters. The van der Waals surface area contributed by atoms with E-state index in [-0.39, 0.29) is 18.1 Å². The molecule has 0 bridgehead atoms. The van der Waals surface area contributed by atoms with Crippen molar-refractivity contribution >= 4 is 23.3 Å². The van der Waals surface area contributed by atoms with Gasteiger partial charge in [-0.3, -0.25) is 4.98 Å². The molecule has 0 spiro atoms. The lowest BCUT2D eigenvalue weighted by atomic mass is 10.1. The maximum atomic E-state index is 12.3. The number of alkyl halides is 2. The Hall–Kier alpha value is -1.26. The Morgan fingerprint density at radius 2 is 1.75 bits per heavy atom.